The molecule has 33 heavy (non-hydrogen) atoms. The van der Waals surface area contributed by atoms with E-state index in [-0.39, 0.29) is 34.1 Å². The Morgan fingerprint density at radius 1 is 1.03 bits per heavy atom. The van der Waals surface area contributed by atoms with Crippen molar-refractivity contribution < 1.29 is 23.8 Å². The molecule has 4 aromatic rings. The first-order valence-corrected chi connectivity index (χ1v) is 10.6. The van der Waals surface area contributed by atoms with E-state index in [9.17, 15) is 14.8 Å². The van der Waals surface area contributed by atoms with Crippen LogP contribution in [0.15, 0.2) is 72.8 Å². The number of carbonyl (C=O) groups is 2. The fourth-order valence-electron chi connectivity index (χ4n) is 3.34. The predicted octanol–water partition coefficient (Wildman–Crippen LogP) is 4.51. The van der Waals surface area contributed by atoms with Crippen LogP contribution in [0.25, 0.3) is 11.0 Å². The standard InChI is InChI=1S/C25H19ClN2O5/c1-2-32-17-12-13-20-22(14-17)28(31)23(24(29)16-8-4-3-5-9-16)21(27-20)15-33-25(30)18-10-6-7-11-19(18)26/h3-14H,2,15H2,1H3. The van der Waals surface area contributed by atoms with E-state index >= 15 is 0 Å². The maximum absolute atomic E-state index is 13.3. The molecule has 7 nitrogen and oxygen atoms in total. The lowest BCUT2D eigenvalue weighted by molar-refractivity contribution is -0.580. The van der Waals surface area contributed by atoms with Gasteiger partial charge in [-0.3, -0.25) is 4.79 Å². The van der Waals surface area contributed by atoms with Crippen molar-refractivity contribution in [1.29, 1.82) is 0 Å². The Hall–Kier alpha value is -3.97. The molecule has 0 fully saturated rings. The van der Waals surface area contributed by atoms with Crippen molar-refractivity contribution in [3.63, 3.8) is 0 Å². The monoisotopic (exact) mass is 462 g/mol. The third kappa shape index (κ3) is 4.63. The Bertz CT molecular complexity index is 1340. The molecule has 0 atom stereocenters. The van der Waals surface area contributed by atoms with E-state index in [1.807, 2.05) is 6.92 Å². The Labute approximate surface area is 194 Å². The minimum Gasteiger partial charge on any atom is -0.618 e. The average Bonchev–Trinajstić information content (AvgIpc) is 2.83. The van der Waals surface area contributed by atoms with Gasteiger partial charge in [-0.1, -0.05) is 54.1 Å². The minimum absolute atomic E-state index is 0.0379. The van der Waals surface area contributed by atoms with Gasteiger partial charge in [-0.15, -0.1) is 0 Å². The molecular weight excluding hydrogens is 444 g/mol. The summed E-state index contributed by atoms with van der Waals surface area (Å²) < 4.78 is 11.4. The quantitative estimate of drug-likeness (QED) is 0.174. The molecule has 0 unspecified atom stereocenters. The predicted molar refractivity (Wildman–Crippen MR) is 122 cm³/mol. The Balaban J connectivity index is 1.78. The van der Waals surface area contributed by atoms with Gasteiger partial charge in [0.15, 0.2) is 5.69 Å². The highest BCUT2D eigenvalue weighted by Gasteiger charge is 2.28. The third-order valence-corrected chi connectivity index (χ3v) is 5.22. The highest BCUT2D eigenvalue weighted by molar-refractivity contribution is 6.33. The summed E-state index contributed by atoms with van der Waals surface area (Å²) in [5.41, 5.74) is 0.795. The first-order valence-electron chi connectivity index (χ1n) is 10.2. The number of carbonyl (C=O) groups excluding carboxylic acids is 2. The van der Waals surface area contributed by atoms with Crippen LogP contribution >= 0.6 is 11.6 Å². The summed E-state index contributed by atoms with van der Waals surface area (Å²) in [5.74, 6) is -0.747. The fourth-order valence-corrected chi connectivity index (χ4v) is 3.55. The van der Waals surface area contributed by atoms with Crippen molar-refractivity contribution in [1.82, 2.24) is 4.98 Å². The van der Waals surface area contributed by atoms with E-state index in [1.54, 1.807) is 60.7 Å². The summed E-state index contributed by atoms with van der Waals surface area (Å²) >= 11 is 6.07. The SMILES string of the molecule is CCOc1ccc2nc(COC(=O)c3ccccc3Cl)c(C(=O)c3ccccc3)[n+]([O-])c2c1. The second-order valence-electron chi connectivity index (χ2n) is 7.04. The molecule has 0 aliphatic carbocycles. The molecule has 8 heteroatoms. The lowest BCUT2D eigenvalue weighted by Gasteiger charge is -2.13. The Morgan fingerprint density at radius 2 is 1.76 bits per heavy atom. The lowest BCUT2D eigenvalue weighted by atomic mass is 10.1. The number of nitrogens with zero attached hydrogens (tertiary/aromatic N) is 2. The average molecular weight is 463 g/mol. The number of fused-ring (bicyclic) bond motifs is 1. The van der Waals surface area contributed by atoms with Gasteiger partial charge in [0.05, 0.1) is 23.3 Å². The highest BCUT2D eigenvalue weighted by Crippen LogP contribution is 2.22. The summed E-state index contributed by atoms with van der Waals surface area (Å²) in [6.07, 6.45) is 0. The van der Waals surface area contributed by atoms with Crippen molar-refractivity contribution in [2.45, 2.75) is 13.5 Å². The van der Waals surface area contributed by atoms with Gasteiger partial charge in [-0.25, -0.2) is 9.78 Å². The van der Waals surface area contributed by atoms with Crippen LogP contribution < -0.4 is 9.47 Å². The van der Waals surface area contributed by atoms with Crippen LogP contribution in [0.4, 0.5) is 0 Å². The number of aromatic nitrogens is 2. The molecule has 1 heterocycles. The Morgan fingerprint density at radius 3 is 2.48 bits per heavy atom. The minimum atomic E-state index is -0.690. The van der Waals surface area contributed by atoms with Crippen LogP contribution in [0.3, 0.4) is 0 Å². The number of hydrogen-bond donors (Lipinski definition) is 0. The molecule has 166 valence electrons. The van der Waals surface area contributed by atoms with Gasteiger partial charge in [0.1, 0.15) is 17.9 Å². The molecule has 0 saturated carbocycles. The van der Waals surface area contributed by atoms with Gasteiger partial charge < -0.3 is 14.7 Å². The van der Waals surface area contributed by atoms with E-state index < -0.39 is 11.8 Å². The molecule has 0 N–H and O–H groups in total. The van der Waals surface area contributed by atoms with Crippen molar-refractivity contribution in [3.8, 4) is 5.75 Å². The van der Waals surface area contributed by atoms with Crippen molar-refractivity contribution in [3.05, 3.63) is 106 Å². The number of ether oxygens (including phenoxy) is 2. The summed E-state index contributed by atoms with van der Waals surface area (Å²) in [5, 5.41) is 13.6. The van der Waals surface area contributed by atoms with Crippen LogP contribution in [-0.2, 0) is 11.3 Å². The van der Waals surface area contributed by atoms with Gasteiger partial charge in [0.25, 0.3) is 11.5 Å². The summed E-state index contributed by atoms with van der Waals surface area (Å²) in [6.45, 7) is 1.86. The van der Waals surface area contributed by atoms with Crippen molar-refractivity contribution in [2.75, 3.05) is 6.61 Å². The smallest absolute Gasteiger partial charge is 0.340 e. The number of hydrogen-bond acceptors (Lipinski definition) is 6. The zero-order chi connectivity index (χ0) is 23.4. The van der Waals surface area contributed by atoms with E-state index in [0.29, 0.717) is 28.2 Å². The fraction of sp³-hybridized carbons (Fsp3) is 0.120. The molecule has 0 aliphatic heterocycles. The number of halogens is 1. The largest absolute Gasteiger partial charge is 0.618 e. The lowest BCUT2D eigenvalue weighted by Crippen LogP contribution is -2.38. The maximum atomic E-state index is 13.3. The van der Waals surface area contributed by atoms with Gasteiger partial charge in [0, 0.05) is 5.56 Å². The van der Waals surface area contributed by atoms with Gasteiger partial charge in [-0.05, 0) is 31.2 Å². The number of esters is 1. The molecule has 0 bridgehead atoms. The highest BCUT2D eigenvalue weighted by atomic mass is 35.5. The molecule has 0 spiro atoms. The maximum Gasteiger partial charge on any atom is 0.340 e. The van der Waals surface area contributed by atoms with E-state index in [4.69, 9.17) is 21.1 Å². The van der Waals surface area contributed by atoms with Crippen LogP contribution in [0.5, 0.6) is 5.75 Å². The second kappa shape index (κ2) is 9.67. The number of rotatable bonds is 7. The first kappa shape index (κ1) is 22.2. The Kier molecular flexibility index (Phi) is 6.51. The summed E-state index contributed by atoms with van der Waals surface area (Å²) in [7, 11) is 0. The van der Waals surface area contributed by atoms with E-state index in [1.165, 1.54) is 12.1 Å². The molecule has 3 aromatic carbocycles. The van der Waals surface area contributed by atoms with Crippen molar-refractivity contribution >= 4 is 34.4 Å². The van der Waals surface area contributed by atoms with Crippen LogP contribution in [0.1, 0.15) is 39.0 Å². The second-order valence-corrected chi connectivity index (χ2v) is 7.44. The number of ketones is 1. The van der Waals surface area contributed by atoms with E-state index in [0.717, 1.165) is 0 Å². The van der Waals surface area contributed by atoms with Crippen LogP contribution in [0.2, 0.25) is 5.02 Å². The first-order chi connectivity index (χ1) is 16.0. The van der Waals surface area contributed by atoms with Gasteiger partial charge in [0.2, 0.25) is 5.52 Å². The molecule has 0 saturated heterocycles. The van der Waals surface area contributed by atoms with Gasteiger partial charge in [-0.2, -0.15) is 4.73 Å². The van der Waals surface area contributed by atoms with E-state index in [2.05, 4.69) is 4.98 Å². The summed E-state index contributed by atoms with van der Waals surface area (Å²) in [6, 6.07) is 19.6. The van der Waals surface area contributed by atoms with Gasteiger partial charge >= 0.3 is 5.97 Å². The molecular formula is C25H19ClN2O5. The zero-order valence-electron chi connectivity index (χ0n) is 17.7. The molecule has 1 aromatic heterocycles. The topological polar surface area (TPSA) is 92.4 Å². The molecule has 4 rings (SSSR count). The van der Waals surface area contributed by atoms with Crippen molar-refractivity contribution in [2.24, 2.45) is 0 Å². The zero-order valence-corrected chi connectivity index (χ0v) is 18.4. The molecule has 0 aliphatic rings. The van der Waals surface area contributed by atoms with Crippen LogP contribution in [-0.4, -0.2) is 23.3 Å². The third-order valence-electron chi connectivity index (χ3n) is 4.89. The molecule has 0 amide bonds. The molecule has 0 radical (unpaired) electrons. The number of benzene rings is 3. The van der Waals surface area contributed by atoms with Crippen LogP contribution in [0, 0.1) is 5.21 Å². The summed E-state index contributed by atoms with van der Waals surface area (Å²) in [4.78, 5) is 30.3. The normalized spacial score (nSPS) is 10.7.